The topological polar surface area (TPSA) is 42.0 Å². The van der Waals surface area contributed by atoms with Crippen LogP contribution in [0.5, 0.6) is 0 Å². The van der Waals surface area contributed by atoms with Crippen molar-refractivity contribution in [2.45, 2.75) is 10.4 Å². The molecule has 2 aromatic rings. The minimum atomic E-state index is -4.30. The van der Waals surface area contributed by atoms with Gasteiger partial charge in [0.05, 0.1) is 0 Å². The molecule has 0 radical (unpaired) electrons. The second-order valence-corrected chi connectivity index (χ2v) is 5.81. The number of anilines is 1. The van der Waals surface area contributed by atoms with Gasteiger partial charge in [0.2, 0.25) is 5.91 Å². The maximum absolute atomic E-state index is 12.2. The molecule has 0 aliphatic rings. The molecule has 0 saturated carbocycles. The highest BCUT2D eigenvalue weighted by Gasteiger charge is 2.28. The van der Waals surface area contributed by atoms with Crippen molar-refractivity contribution in [2.75, 3.05) is 5.32 Å². The second-order valence-electron chi connectivity index (χ2n) is 3.78. The van der Waals surface area contributed by atoms with Crippen LogP contribution in [0.3, 0.4) is 0 Å². The van der Waals surface area contributed by atoms with Crippen LogP contribution >= 0.6 is 23.1 Å². The van der Waals surface area contributed by atoms with E-state index in [9.17, 15) is 18.0 Å². The van der Waals surface area contributed by atoms with Crippen LogP contribution in [0.4, 0.5) is 18.3 Å². The van der Waals surface area contributed by atoms with E-state index in [2.05, 4.69) is 10.3 Å². The Morgan fingerprint density at radius 1 is 1.29 bits per heavy atom. The summed E-state index contributed by atoms with van der Waals surface area (Å²) in [6, 6.07) is 5.75. The van der Waals surface area contributed by atoms with E-state index in [1.807, 2.05) is 0 Å². The SMILES string of the molecule is O=C(C=Cc1ccc(SC(F)(F)F)cc1)Nc1nccs1. The molecule has 0 unspecified atom stereocenters. The fraction of sp³-hybridized carbons (Fsp3) is 0.0769. The number of carbonyl (C=O) groups is 1. The van der Waals surface area contributed by atoms with Gasteiger partial charge >= 0.3 is 5.51 Å². The van der Waals surface area contributed by atoms with E-state index in [0.29, 0.717) is 10.7 Å². The number of rotatable bonds is 4. The summed E-state index contributed by atoms with van der Waals surface area (Å²) >= 11 is 1.12. The van der Waals surface area contributed by atoms with Crippen molar-refractivity contribution < 1.29 is 18.0 Å². The normalized spacial score (nSPS) is 11.8. The number of benzene rings is 1. The number of amides is 1. The molecule has 1 aromatic heterocycles. The maximum atomic E-state index is 12.2. The number of thiazole rings is 1. The van der Waals surface area contributed by atoms with Gasteiger partial charge in [-0.25, -0.2) is 4.98 Å². The quantitative estimate of drug-likeness (QED) is 0.667. The highest BCUT2D eigenvalue weighted by Crippen LogP contribution is 2.36. The summed E-state index contributed by atoms with van der Waals surface area (Å²) in [4.78, 5) is 15.6. The van der Waals surface area contributed by atoms with Gasteiger partial charge in [-0.1, -0.05) is 12.1 Å². The summed E-state index contributed by atoms with van der Waals surface area (Å²) in [6.45, 7) is 0. The number of hydrogen-bond acceptors (Lipinski definition) is 4. The molecule has 1 aromatic carbocycles. The van der Waals surface area contributed by atoms with Crippen LogP contribution in [0.15, 0.2) is 46.8 Å². The molecule has 0 atom stereocenters. The molecule has 1 heterocycles. The first-order valence-electron chi connectivity index (χ1n) is 5.67. The molecule has 110 valence electrons. The zero-order valence-corrected chi connectivity index (χ0v) is 12.1. The molecule has 0 bridgehead atoms. The molecule has 21 heavy (non-hydrogen) atoms. The predicted molar refractivity (Wildman–Crippen MR) is 78.1 cm³/mol. The number of nitrogens with zero attached hydrogens (tertiary/aromatic N) is 1. The number of thioether (sulfide) groups is 1. The lowest BCUT2D eigenvalue weighted by atomic mass is 10.2. The van der Waals surface area contributed by atoms with Gasteiger partial charge in [-0.2, -0.15) is 13.2 Å². The first-order chi connectivity index (χ1) is 9.92. The van der Waals surface area contributed by atoms with E-state index in [1.165, 1.54) is 47.8 Å². The lowest BCUT2D eigenvalue weighted by molar-refractivity contribution is -0.111. The van der Waals surface area contributed by atoms with Gasteiger partial charge in [-0.3, -0.25) is 10.1 Å². The highest BCUT2D eigenvalue weighted by molar-refractivity contribution is 8.00. The van der Waals surface area contributed by atoms with E-state index in [4.69, 9.17) is 0 Å². The number of carbonyl (C=O) groups excluding carboxylic acids is 1. The molecule has 0 aliphatic carbocycles. The van der Waals surface area contributed by atoms with Crippen LogP contribution in [0.2, 0.25) is 0 Å². The standard InChI is InChI=1S/C13H9F3N2OS2/c14-13(15,16)21-10-4-1-9(2-5-10)3-6-11(19)18-12-17-7-8-20-12/h1-8H,(H,17,18,19). The van der Waals surface area contributed by atoms with Crippen molar-refractivity contribution in [3.8, 4) is 0 Å². The first kappa shape index (κ1) is 15.6. The minimum Gasteiger partial charge on any atom is -0.298 e. The van der Waals surface area contributed by atoms with Crippen LogP contribution in [-0.4, -0.2) is 16.4 Å². The summed E-state index contributed by atoms with van der Waals surface area (Å²) in [7, 11) is 0. The van der Waals surface area contributed by atoms with Crippen molar-refractivity contribution in [3.05, 3.63) is 47.5 Å². The third-order valence-corrected chi connectivity index (χ3v) is 3.63. The molecular formula is C13H9F3N2OS2. The van der Waals surface area contributed by atoms with Gasteiger partial charge in [-0.05, 0) is 35.5 Å². The molecule has 0 spiro atoms. The van der Waals surface area contributed by atoms with Crippen LogP contribution in [-0.2, 0) is 4.79 Å². The molecule has 0 fully saturated rings. The van der Waals surface area contributed by atoms with Crippen LogP contribution < -0.4 is 5.32 Å². The van der Waals surface area contributed by atoms with Crippen molar-refractivity contribution in [1.29, 1.82) is 0 Å². The molecule has 1 N–H and O–H groups in total. The van der Waals surface area contributed by atoms with E-state index >= 15 is 0 Å². The van der Waals surface area contributed by atoms with Crippen molar-refractivity contribution in [3.63, 3.8) is 0 Å². The van der Waals surface area contributed by atoms with Crippen molar-refractivity contribution >= 4 is 40.2 Å². The first-order valence-corrected chi connectivity index (χ1v) is 7.36. The Balaban J connectivity index is 1.93. The van der Waals surface area contributed by atoms with Gasteiger partial charge in [0, 0.05) is 22.5 Å². The van der Waals surface area contributed by atoms with Gasteiger partial charge in [0.1, 0.15) is 0 Å². The predicted octanol–water partition coefficient (Wildman–Crippen LogP) is 4.41. The average Bonchev–Trinajstić information content (AvgIpc) is 2.89. The molecule has 3 nitrogen and oxygen atoms in total. The summed E-state index contributed by atoms with van der Waals surface area (Å²) in [5.41, 5.74) is -3.67. The second kappa shape index (κ2) is 6.77. The van der Waals surface area contributed by atoms with Gasteiger partial charge in [0.25, 0.3) is 0 Å². The molecule has 2 rings (SSSR count). The Kier molecular flexibility index (Phi) is 5.03. The summed E-state index contributed by atoms with van der Waals surface area (Å²) in [5.74, 6) is -0.348. The smallest absolute Gasteiger partial charge is 0.298 e. The Morgan fingerprint density at radius 3 is 2.57 bits per heavy atom. The van der Waals surface area contributed by atoms with Gasteiger partial charge < -0.3 is 0 Å². The molecule has 8 heteroatoms. The van der Waals surface area contributed by atoms with E-state index in [-0.39, 0.29) is 22.6 Å². The number of nitrogens with one attached hydrogen (secondary N) is 1. The highest BCUT2D eigenvalue weighted by atomic mass is 32.2. The third kappa shape index (κ3) is 5.60. The monoisotopic (exact) mass is 330 g/mol. The molecule has 0 aliphatic heterocycles. The number of hydrogen-bond donors (Lipinski definition) is 1. The Hall–Kier alpha value is -1.80. The summed E-state index contributed by atoms with van der Waals surface area (Å²) in [6.07, 6.45) is 4.39. The van der Waals surface area contributed by atoms with Crippen LogP contribution in [0.1, 0.15) is 5.56 Å². The average molecular weight is 330 g/mol. The fourth-order valence-electron chi connectivity index (χ4n) is 1.38. The van der Waals surface area contributed by atoms with Crippen molar-refractivity contribution in [2.24, 2.45) is 0 Å². The lowest BCUT2D eigenvalue weighted by Crippen LogP contribution is -2.06. The minimum absolute atomic E-state index is 0.104. The van der Waals surface area contributed by atoms with Crippen LogP contribution in [0, 0.1) is 0 Å². The van der Waals surface area contributed by atoms with Crippen LogP contribution in [0.25, 0.3) is 6.08 Å². The Bertz CT molecular complexity index is 622. The molecular weight excluding hydrogens is 321 g/mol. The molecule has 0 saturated heterocycles. The zero-order valence-electron chi connectivity index (χ0n) is 10.4. The number of alkyl halides is 3. The van der Waals surface area contributed by atoms with E-state index in [0.717, 1.165) is 0 Å². The van der Waals surface area contributed by atoms with Gasteiger partial charge in [0.15, 0.2) is 5.13 Å². The lowest BCUT2D eigenvalue weighted by Gasteiger charge is -2.05. The third-order valence-electron chi connectivity index (χ3n) is 2.20. The zero-order chi connectivity index (χ0) is 15.3. The van der Waals surface area contributed by atoms with E-state index in [1.54, 1.807) is 11.6 Å². The maximum Gasteiger partial charge on any atom is 0.446 e. The van der Waals surface area contributed by atoms with Gasteiger partial charge in [-0.15, -0.1) is 11.3 Å². The summed E-state index contributed by atoms with van der Waals surface area (Å²) < 4.78 is 36.5. The summed E-state index contributed by atoms with van der Waals surface area (Å²) in [5, 5.41) is 4.78. The van der Waals surface area contributed by atoms with Crippen molar-refractivity contribution in [1.82, 2.24) is 4.98 Å². The number of halogens is 3. The van der Waals surface area contributed by atoms with E-state index < -0.39 is 5.51 Å². The fourth-order valence-corrected chi connectivity index (χ4v) is 2.46. The number of aromatic nitrogens is 1. The molecule has 1 amide bonds. The Morgan fingerprint density at radius 2 is 2.00 bits per heavy atom. The largest absolute Gasteiger partial charge is 0.446 e. The Labute approximate surface area is 126 Å².